The van der Waals surface area contributed by atoms with Crippen molar-refractivity contribution in [2.24, 2.45) is 0 Å². The Hall–Kier alpha value is -4.52. The molecule has 0 radical (unpaired) electrons. The molecule has 7 heteroatoms. The first-order valence-electron chi connectivity index (χ1n) is 13.2. The summed E-state index contributed by atoms with van der Waals surface area (Å²) in [6.07, 6.45) is 4.34. The summed E-state index contributed by atoms with van der Waals surface area (Å²) in [6, 6.07) is 25.1. The molecule has 0 bridgehead atoms. The number of fused-ring (bicyclic) bond motifs is 4. The Kier molecular flexibility index (Phi) is 6.33. The molecule has 0 saturated carbocycles. The third-order valence-electron chi connectivity index (χ3n) is 6.86. The molecule has 3 aromatic carbocycles. The molecule has 0 aliphatic heterocycles. The number of ether oxygens (including phenoxy) is 1. The van der Waals surface area contributed by atoms with E-state index in [0.717, 1.165) is 53.9 Å². The van der Waals surface area contributed by atoms with Crippen LogP contribution in [-0.2, 0) is 6.54 Å². The molecule has 0 aliphatic carbocycles. The topological polar surface area (TPSA) is 74.8 Å². The van der Waals surface area contributed by atoms with Crippen molar-refractivity contribution in [2.45, 2.75) is 46.1 Å². The molecule has 3 aromatic heterocycles. The number of para-hydroxylation sites is 3. The van der Waals surface area contributed by atoms with E-state index in [9.17, 15) is 4.79 Å². The van der Waals surface area contributed by atoms with E-state index in [0.29, 0.717) is 34.6 Å². The largest absolute Gasteiger partial charge is 0.457 e. The number of hydrogen-bond donors (Lipinski definition) is 0. The van der Waals surface area contributed by atoms with E-state index in [4.69, 9.17) is 19.7 Å². The highest BCUT2D eigenvalue weighted by Crippen LogP contribution is 2.30. The van der Waals surface area contributed by atoms with Gasteiger partial charge in [-0.05, 0) is 61.9 Å². The van der Waals surface area contributed by atoms with E-state index in [1.807, 2.05) is 90.4 Å². The van der Waals surface area contributed by atoms with Crippen molar-refractivity contribution in [2.75, 3.05) is 0 Å². The van der Waals surface area contributed by atoms with Gasteiger partial charge in [-0.25, -0.2) is 15.0 Å². The predicted molar refractivity (Wildman–Crippen MR) is 151 cm³/mol. The fourth-order valence-corrected chi connectivity index (χ4v) is 4.92. The number of unbranched alkanes of at least 4 members (excludes halogenated alkanes) is 3. The van der Waals surface area contributed by atoms with Crippen molar-refractivity contribution >= 4 is 33.2 Å². The zero-order chi connectivity index (χ0) is 26.1. The molecule has 0 N–H and O–H groups in total. The molecule has 7 nitrogen and oxygen atoms in total. The van der Waals surface area contributed by atoms with Crippen LogP contribution >= 0.6 is 0 Å². The lowest BCUT2D eigenvalue weighted by atomic mass is 10.2. The predicted octanol–water partition coefficient (Wildman–Crippen LogP) is 6.96. The lowest BCUT2D eigenvalue weighted by Crippen LogP contribution is -2.24. The minimum atomic E-state index is -0.0682. The molecule has 0 spiro atoms. The second-order valence-electron chi connectivity index (χ2n) is 9.50. The van der Waals surface area contributed by atoms with Crippen molar-refractivity contribution < 1.29 is 4.74 Å². The molecular weight excluding hydrogens is 474 g/mol. The molecule has 190 valence electrons. The monoisotopic (exact) mass is 503 g/mol. The van der Waals surface area contributed by atoms with Crippen molar-refractivity contribution in [1.82, 2.24) is 24.1 Å². The minimum Gasteiger partial charge on any atom is -0.457 e. The Labute approximate surface area is 220 Å². The summed E-state index contributed by atoms with van der Waals surface area (Å²) in [5, 5.41) is 0.504. The van der Waals surface area contributed by atoms with Crippen LogP contribution < -0.4 is 10.3 Å². The van der Waals surface area contributed by atoms with Gasteiger partial charge in [0.2, 0.25) is 0 Å². The summed E-state index contributed by atoms with van der Waals surface area (Å²) < 4.78 is 9.71. The van der Waals surface area contributed by atoms with Crippen molar-refractivity contribution in [1.29, 1.82) is 0 Å². The maximum Gasteiger partial charge on any atom is 0.265 e. The second kappa shape index (κ2) is 10.1. The van der Waals surface area contributed by atoms with E-state index < -0.39 is 0 Å². The molecule has 0 aliphatic rings. The first kappa shape index (κ1) is 23.9. The SMILES string of the molecule is CCCCCCn1c(C)nc2c(c1=O)c1nc3ccccc3nc1n2-c1ccc(Oc2ccccc2)cc1. The van der Waals surface area contributed by atoms with Gasteiger partial charge in [0.25, 0.3) is 5.56 Å². The first-order valence-corrected chi connectivity index (χ1v) is 13.2. The molecule has 0 amide bonds. The average molecular weight is 504 g/mol. The summed E-state index contributed by atoms with van der Waals surface area (Å²) in [7, 11) is 0. The highest BCUT2D eigenvalue weighted by atomic mass is 16.5. The van der Waals surface area contributed by atoms with Crippen LogP contribution in [0.2, 0.25) is 0 Å². The van der Waals surface area contributed by atoms with Crippen LogP contribution in [-0.4, -0.2) is 24.1 Å². The van der Waals surface area contributed by atoms with Crippen LogP contribution in [0.4, 0.5) is 0 Å². The molecule has 0 fully saturated rings. The number of rotatable bonds is 8. The molecule has 0 saturated heterocycles. The number of benzene rings is 3. The van der Waals surface area contributed by atoms with E-state index in [-0.39, 0.29) is 5.56 Å². The molecule has 38 heavy (non-hydrogen) atoms. The lowest BCUT2D eigenvalue weighted by molar-refractivity contribution is 0.482. The summed E-state index contributed by atoms with van der Waals surface area (Å²) in [6.45, 7) is 4.73. The van der Waals surface area contributed by atoms with Gasteiger partial charge < -0.3 is 4.74 Å². The van der Waals surface area contributed by atoms with Crippen molar-refractivity contribution in [3.8, 4) is 17.2 Å². The van der Waals surface area contributed by atoms with Crippen LogP contribution in [0.25, 0.3) is 38.9 Å². The lowest BCUT2D eigenvalue weighted by Gasteiger charge is -2.11. The average Bonchev–Trinajstić information content (AvgIpc) is 3.25. The number of nitrogens with zero attached hydrogens (tertiary/aromatic N) is 5. The highest BCUT2D eigenvalue weighted by molar-refractivity contribution is 6.05. The van der Waals surface area contributed by atoms with Gasteiger partial charge >= 0.3 is 0 Å². The summed E-state index contributed by atoms with van der Waals surface area (Å²) in [4.78, 5) is 28.7. The Morgan fingerprint density at radius 2 is 1.42 bits per heavy atom. The number of aromatic nitrogens is 5. The van der Waals surface area contributed by atoms with Crippen LogP contribution in [0.15, 0.2) is 83.7 Å². The Morgan fingerprint density at radius 3 is 2.16 bits per heavy atom. The fraction of sp³-hybridized carbons (Fsp3) is 0.226. The zero-order valence-electron chi connectivity index (χ0n) is 21.6. The van der Waals surface area contributed by atoms with E-state index in [1.165, 1.54) is 0 Å². The summed E-state index contributed by atoms with van der Waals surface area (Å²) in [5.41, 5.74) is 4.04. The second-order valence-corrected chi connectivity index (χ2v) is 9.50. The van der Waals surface area contributed by atoms with Gasteiger partial charge in [0, 0.05) is 12.2 Å². The maximum absolute atomic E-state index is 13.9. The maximum atomic E-state index is 13.9. The molecule has 6 rings (SSSR count). The van der Waals surface area contributed by atoms with E-state index >= 15 is 0 Å². The van der Waals surface area contributed by atoms with Gasteiger partial charge in [-0.2, -0.15) is 0 Å². The van der Waals surface area contributed by atoms with Gasteiger partial charge in [0.1, 0.15) is 28.2 Å². The Bertz CT molecular complexity index is 1800. The quantitative estimate of drug-likeness (QED) is 0.210. The molecule has 3 heterocycles. The van der Waals surface area contributed by atoms with Crippen molar-refractivity contribution in [3.05, 3.63) is 95.0 Å². The van der Waals surface area contributed by atoms with Gasteiger partial charge in [-0.3, -0.25) is 13.9 Å². The standard InChI is InChI=1S/C31H29N5O2/c1-3-4-5-11-20-35-21(2)32-29-27(31(35)37)28-30(34-26-15-10-9-14-25(26)33-28)36(29)22-16-18-24(19-17-22)38-23-12-7-6-8-13-23/h6-10,12-19H,3-5,11,20H2,1-2H3. The number of hydrogen-bond acceptors (Lipinski definition) is 5. The smallest absolute Gasteiger partial charge is 0.265 e. The van der Waals surface area contributed by atoms with Crippen LogP contribution in [0.3, 0.4) is 0 Å². The van der Waals surface area contributed by atoms with Crippen LogP contribution in [0.5, 0.6) is 11.5 Å². The van der Waals surface area contributed by atoms with Crippen LogP contribution in [0, 0.1) is 6.92 Å². The molecule has 6 aromatic rings. The molecule has 0 atom stereocenters. The Morgan fingerprint density at radius 1 is 0.737 bits per heavy atom. The van der Waals surface area contributed by atoms with Crippen LogP contribution in [0.1, 0.15) is 38.4 Å². The summed E-state index contributed by atoms with van der Waals surface area (Å²) in [5.74, 6) is 2.18. The Balaban J connectivity index is 1.53. The van der Waals surface area contributed by atoms with Gasteiger partial charge in [-0.15, -0.1) is 0 Å². The molecular formula is C31H29N5O2. The molecule has 0 unspecified atom stereocenters. The van der Waals surface area contributed by atoms with Gasteiger partial charge in [-0.1, -0.05) is 56.5 Å². The third-order valence-corrected chi connectivity index (χ3v) is 6.86. The fourth-order valence-electron chi connectivity index (χ4n) is 4.92. The minimum absolute atomic E-state index is 0.0682. The van der Waals surface area contributed by atoms with E-state index in [2.05, 4.69) is 6.92 Å². The van der Waals surface area contributed by atoms with Gasteiger partial charge in [0.05, 0.1) is 11.0 Å². The van der Waals surface area contributed by atoms with E-state index in [1.54, 1.807) is 4.57 Å². The summed E-state index contributed by atoms with van der Waals surface area (Å²) >= 11 is 0. The van der Waals surface area contributed by atoms with Gasteiger partial charge in [0.15, 0.2) is 11.3 Å². The van der Waals surface area contributed by atoms with Crippen molar-refractivity contribution in [3.63, 3.8) is 0 Å². The first-order chi connectivity index (χ1) is 18.6. The normalized spacial score (nSPS) is 11.5. The zero-order valence-corrected chi connectivity index (χ0v) is 21.6. The highest BCUT2D eigenvalue weighted by Gasteiger charge is 2.22. The number of aryl methyl sites for hydroxylation is 1. The third kappa shape index (κ3) is 4.30.